The minimum absolute atomic E-state index is 0.0230. The van der Waals surface area contributed by atoms with Gasteiger partial charge >= 0.3 is 0 Å². The molecule has 3 N–H and O–H groups in total. The summed E-state index contributed by atoms with van der Waals surface area (Å²) in [7, 11) is -2.11. The Morgan fingerprint density at radius 3 is 2.57 bits per heavy atom. The van der Waals surface area contributed by atoms with Crippen LogP contribution in [-0.2, 0) is 17.1 Å². The van der Waals surface area contributed by atoms with E-state index in [1.165, 1.54) is 29.8 Å². The van der Waals surface area contributed by atoms with Gasteiger partial charge in [0.25, 0.3) is 10.0 Å². The van der Waals surface area contributed by atoms with Gasteiger partial charge < -0.3 is 5.73 Å². The highest BCUT2D eigenvalue weighted by Gasteiger charge is 2.19. The molecule has 0 aliphatic heterocycles. The Morgan fingerprint density at radius 2 is 2.05 bits per heavy atom. The van der Waals surface area contributed by atoms with Crippen molar-refractivity contribution in [2.75, 3.05) is 10.5 Å². The number of aromatic nitrogens is 2. The lowest BCUT2D eigenvalue weighted by molar-refractivity contribution is 0.101. The van der Waals surface area contributed by atoms with Gasteiger partial charge in [-0.15, -0.1) is 0 Å². The molecular weight excluding hydrogens is 292 g/mol. The molecule has 0 aliphatic carbocycles. The third-order valence-corrected chi connectivity index (χ3v) is 4.34. The van der Waals surface area contributed by atoms with Crippen molar-refractivity contribution < 1.29 is 13.2 Å². The molecule has 2 aromatic rings. The molecule has 2 rings (SSSR count). The van der Waals surface area contributed by atoms with Crippen molar-refractivity contribution in [3.8, 4) is 0 Å². The number of benzene rings is 1. The maximum Gasteiger partial charge on any atom is 0.262 e. The van der Waals surface area contributed by atoms with Crippen molar-refractivity contribution in [2.24, 2.45) is 7.05 Å². The van der Waals surface area contributed by atoms with Crippen LogP contribution in [0, 0.1) is 6.92 Å². The standard InChI is InChI=1S/C13H16N4O3S/c1-8-13(7-17(3)15-8)16-21(19,20)10-4-5-12(14)11(6-10)9(2)18/h4-7,16H,14H2,1-3H3. The Kier molecular flexibility index (Phi) is 3.73. The molecule has 1 aromatic heterocycles. The van der Waals surface area contributed by atoms with E-state index >= 15 is 0 Å². The first kappa shape index (κ1) is 15.0. The van der Waals surface area contributed by atoms with Gasteiger partial charge in [-0.25, -0.2) is 8.42 Å². The van der Waals surface area contributed by atoms with Gasteiger partial charge in [-0.2, -0.15) is 5.10 Å². The van der Waals surface area contributed by atoms with Crippen molar-refractivity contribution in [2.45, 2.75) is 18.7 Å². The van der Waals surface area contributed by atoms with Crippen molar-refractivity contribution in [3.63, 3.8) is 0 Å². The average molecular weight is 308 g/mol. The number of hydrogen-bond donors (Lipinski definition) is 2. The fraction of sp³-hybridized carbons (Fsp3) is 0.231. The quantitative estimate of drug-likeness (QED) is 0.654. The highest BCUT2D eigenvalue weighted by Crippen LogP contribution is 2.22. The van der Waals surface area contributed by atoms with Crippen LogP contribution < -0.4 is 10.5 Å². The van der Waals surface area contributed by atoms with E-state index in [9.17, 15) is 13.2 Å². The van der Waals surface area contributed by atoms with Gasteiger partial charge in [0.1, 0.15) is 0 Å². The molecule has 112 valence electrons. The zero-order valence-corrected chi connectivity index (χ0v) is 12.7. The topological polar surface area (TPSA) is 107 Å². The van der Waals surface area contributed by atoms with Crippen molar-refractivity contribution >= 4 is 27.2 Å². The number of nitrogens with two attached hydrogens (primary N) is 1. The van der Waals surface area contributed by atoms with Crippen LogP contribution in [0.1, 0.15) is 23.0 Å². The maximum absolute atomic E-state index is 12.3. The van der Waals surface area contributed by atoms with E-state index in [2.05, 4.69) is 9.82 Å². The van der Waals surface area contributed by atoms with Crippen LogP contribution in [0.15, 0.2) is 29.3 Å². The predicted molar refractivity (Wildman–Crippen MR) is 79.6 cm³/mol. The van der Waals surface area contributed by atoms with E-state index in [1.54, 1.807) is 20.2 Å². The van der Waals surface area contributed by atoms with E-state index in [0.29, 0.717) is 11.4 Å². The molecule has 0 saturated heterocycles. The number of carbonyl (C=O) groups excluding carboxylic acids is 1. The maximum atomic E-state index is 12.3. The summed E-state index contributed by atoms with van der Waals surface area (Å²) >= 11 is 0. The Labute approximate surface area is 122 Å². The van der Waals surface area contributed by atoms with Gasteiger partial charge in [-0.1, -0.05) is 0 Å². The summed E-state index contributed by atoms with van der Waals surface area (Å²) in [6.45, 7) is 3.03. The molecule has 0 spiro atoms. The minimum Gasteiger partial charge on any atom is -0.398 e. The van der Waals surface area contributed by atoms with Crippen molar-refractivity contribution in [1.29, 1.82) is 0 Å². The van der Waals surface area contributed by atoms with E-state index in [0.717, 1.165) is 0 Å². The van der Waals surface area contributed by atoms with Crippen molar-refractivity contribution in [3.05, 3.63) is 35.7 Å². The first-order valence-electron chi connectivity index (χ1n) is 6.14. The number of rotatable bonds is 4. The molecule has 0 unspecified atom stereocenters. The first-order valence-corrected chi connectivity index (χ1v) is 7.62. The normalized spacial score (nSPS) is 11.4. The highest BCUT2D eigenvalue weighted by atomic mass is 32.2. The summed E-state index contributed by atoms with van der Waals surface area (Å²) in [5.74, 6) is -0.290. The number of carbonyl (C=O) groups is 1. The number of nitrogens with zero attached hydrogens (tertiary/aromatic N) is 2. The van der Waals surface area contributed by atoms with Gasteiger partial charge in [-0.3, -0.25) is 14.2 Å². The van der Waals surface area contributed by atoms with Crippen LogP contribution in [0.3, 0.4) is 0 Å². The number of hydrogen-bond acceptors (Lipinski definition) is 5. The van der Waals surface area contributed by atoms with Gasteiger partial charge in [0.05, 0.1) is 16.3 Å². The number of anilines is 2. The van der Waals surface area contributed by atoms with Crippen LogP contribution in [0.5, 0.6) is 0 Å². The molecule has 0 bridgehead atoms. The van der Waals surface area contributed by atoms with E-state index in [-0.39, 0.29) is 21.9 Å². The second-order valence-corrected chi connectivity index (χ2v) is 6.39. The molecule has 0 saturated carbocycles. The molecule has 8 heteroatoms. The second-order valence-electron chi connectivity index (χ2n) is 4.71. The predicted octanol–water partition coefficient (Wildman–Crippen LogP) is 1.31. The zero-order valence-electron chi connectivity index (χ0n) is 11.9. The lowest BCUT2D eigenvalue weighted by Gasteiger charge is -2.09. The average Bonchev–Trinajstić information content (AvgIpc) is 2.66. The number of aryl methyl sites for hydroxylation is 2. The Balaban J connectivity index is 2.42. The minimum atomic E-state index is -3.81. The molecular formula is C13H16N4O3S. The fourth-order valence-corrected chi connectivity index (χ4v) is 3.04. The van der Waals surface area contributed by atoms with Crippen LogP contribution in [0.25, 0.3) is 0 Å². The Bertz CT molecular complexity index is 809. The molecule has 1 aromatic carbocycles. The third-order valence-electron chi connectivity index (χ3n) is 2.97. The van der Waals surface area contributed by atoms with Crippen LogP contribution in [-0.4, -0.2) is 24.0 Å². The molecule has 0 amide bonds. The van der Waals surface area contributed by atoms with Crippen LogP contribution in [0.4, 0.5) is 11.4 Å². The summed E-state index contributed by atoms with van der Waals surface area (Å²) in [4.78, 5) is 11.4. The summed E-state index contributed by atoms with van der Waals surface area (Å²) < 4.78 is 28.7. The summed E-state index contributed by atoms with van der Waals surface area (Å²) in [6.07, 6.45) is 1.57. The summed E-state index contributed by atoms with van der Waals surface area (Å²) in [5, 5.41) is 4.06. The summed E-state index contributed by atoms with van der Waals surface area (Å²) in [6, 6.07) is 4.03. The highest BCUT2D eigenvalue weighted by molar-refractivity contribution is 7.92. The van der Waals surface area contributed by atoms with Crippen LogP contribution in [0.2, 0.25) is 0 Å². The number of nitrogens with one attached hydrogen (secondary N) is 1. The number of nitrogen functional groups attached to an aromatic ring is 1. The van der Waals surface area contributed by atoms with Crippen LogP contribution >= 0.6 is 0 Å². The number of Topliss-reactive ketones (excluding diaryl/α,β-unsaturated/α-hetero) is 1. The molecule has 0 radical (unpaired) electrons. The largest absolute Gasteiger partial charge is 0.398 e. The molecule has 7 nitrogen and oxygen atoms in total. The SMILES string of the molecule is CC(=O)c1cc(S(=O)(=O)Nc2cn(C)nc2C)ccc1N. The molecule has 0 atom stereocenters. The Morgan fingerprint density at radius 1 is 1.38 bits per heavy atom. The fourth-order valence-electron chi connectivity index (χ4n) is 1.91. The van der Waals surface area contributed by atoms with Gasteiger partial charge in [0.2, 0.25) is 0 Å². The molecule has 21 heavy (non-hydrogen) atoms. The Hall–Kier alpha value is -2.35. The third kappa shape index (κ3) is 3.05. The lowest BCUT2D eigenvalue weighted by atomic mass is 10.1. The van der Waals surface area contributed by atoms with E-state index < -0.39 is 10.0 Å². The zero-order chi connectivity index (χ0) is 15.8. The molecule has 0 fully saturated rings. The second kappa shape index (κ2) is 5.21. The smallest absolute Gasteiger partial charge is 0.262 e. The monoisotopic (exact) mass is 308 g/mol. The lowest BCUT2D eigenvalue weighted by Crippen LogP contribution is -2.14. The number of sulfonamides is 1. The van der Waals surface area contributed by atoms with Gasteiger partial charge in [0.15, 0.2) is 5.78 Å². The van der Waals surface area contributed by atoms with Gasteiger partial charge in [0, 0.05) is 24.5 Å². The first-order chi connectivity index (χ1) is 9.70. The molecule has 0 aliphatic rings. The van der Waals surface area contributed by atoms with Crippen molar-refractivity contribution in [1.82, 2.24) is 9.78 Å². The molecule has 1 heterocycles. The van der Waals surface area contributed by atoms with E-state index in [4.69, 9.17) is 5.73 Å². The number of ketones is 1. The summed E-state index contributed by atoms with van der Waals surface area (Å²) in [5.41, 5.74) is 7.04. The van der Waals surface area contributed by atoms with E-state index in [1.807, 2.05) is 0 Å². The van der Waals surface area contributed by atoms with Gasteiger partial charge in [-0.05, 0) is 32.0 Å².